The van der Waals surface area contributed by atoms with Crippen LogP contribution in [0.5, 0.6) is 0 Å². The molecular formula is C11H15N3O. The maximum Gasteiger partial charge on any atom is 0.202 e. The third-order valence-corrected chi connectivity index (χ3v) is 2.29. The van der Waals surface area contributed by atoms with Crippen LogP contribution in [0.25, 0.3) is 0 Å². The lowest BCUT2D eigenvalue weighted by Gasteiger charge is -2.06. The molecule has 0 radical (unpaired) electrons. The highest BCUT2D eigenvalue weighted by Crippen LogP contribution is 2.05. The van der Waals surface area contributed by atoms with Crippen molar-refractivity contribution < 1.29 is 4.42 Å². The third-order valence-electron chi connectivity index (χ3n) is 2.29. The molecule has 2 heterocycles. The summed E-state index contributed by atoms with van der Waals surface area (Å²) in [6.45, 7) is 3.87. The van der Waals surface area contributed by atoms with E-state index < -0.39 is 0 Å². The van der Waals surface area contributed by atoms with E-state index in [1.807, 2.05) is 18.3 Å². The summed E-state index contributed by atoms with van der Waals surface area (Å²) in [6, 6.07) is 3.89. The van der Waals surface area contributed by atoms with Crippen molar-refractivity contribution in [1.82, 2.24) is 9.55 Å². The van der Waals surface area contributed by atoms with Gasteiger partial charge in [0.2, 0.25) is 5.95 Å². The normalized spacial score (nSPS) is 10.5. The van der Waals surface area contributed by atoms with Gasteiger partial charge in [0.05, 0.1) is 6.26 Å². The van der Waals surface area contributed by atoms with Gasteiger partial charge in [-0.25, -0.2) is 4.98 Å². The van der Waals surface area contributed by atoms with Crippen molar-refractivity contribution in [3.8, 4) is 0 Å². The minimum absolute atomic E-state index is 0.838. The van der Waals surface area contributed by atoms with Gasteiger partial charge in [-0.1, -0.05) is 0 Å². The monoisotopic (exact) mass is 205 g/mol. The first kappa shape index (κ1) is 9.83. The Morgan fingerprint density at radius 1 is 1.53 bits per heavy atom. The number of imidazole rings is 1. The van der Waals surface area contributed by atoms with Gasteiger partial charge in [0, 0.05) is 31.9 Å². The van der Waals surface area contributed by atoms with Gasteiger partial charge in [0.1, 0.15) is 5.76 Å². The number of hydrogen-bond donors (Lipinski definition) is 1. The second kappa shape index (κ2) is 4.68. The Balaban J connectivity index is 1.83. The lowest BCUT2D eigenvalue weighted by molar-refractivity contribution is 0.512. The predicted molar refractivity (Wildman–Crippen MR) is 58.8 cm³/mol. The second-order valence-electron chi connectivity index (χ2n) is 3.29. The first-order valence-corrected chi connectivity index (χ1v) is 5.17. The Morgan fingerprint density at radius 3 is 3.20 bits per heavy atom. The number of rotatable bonds is 5. The fraction of sp³-hybridized carbons (Fsp3) is 0.364. The Hall–Kier alpha value is -1.71. The third kappa shape index (κ3) is 2.40. The van der Waals surface area contributed by atoms with Crippen LogP contribution in [0.4, 0.5) is 5.95 Å². The molecule has 0 aliphatic carbocycles. The zero-order chi connectivity index (χ0) is 10.5. The molecule has 0 aliphatic rings. The molecule has 0 amide bonds. The van der Waals surface area contributed by atoms with Crippen LogP contribution in [0.1, 0.15) is 12.7 Å². The average Bonchev–Trinajstić information content (AvgIpc) is 2.88. The Kier molecular flexibility index (Phi) is 3.07. The van der Waals surface area contributed by atoms with Crippen LogP contribution in [0, 0.1) is 0 Å². The minimum atomic E-state index is 0.838. The van der Waals surface area contributed by atoms with Crippen LogP contribution in [-0.4, -0.2) is 16.1 Å². The number of aryl methyl sites for hydroxylation is 1. The summed E-state index contributed by atoms with van der Waals surface area (Å²) in [7, 11) is 0. The van der Waals surface area contributed by atoms with Crippen LogP contribution < -0.4 is 5.32 Å². The van der Waals surface area contributed by atoms with E-state index in [1.54, 1.807) is 12.5 Å². The molecule has 0 atom stereocenters. The summed E-state index contributed by atoms with van der Waals surface area (Å²) in [5.41, 5.74) is 0. The summed E-state index contributed by atoms with van der Waals surface area (Å²) >= 11 is 0. The second-order valence-corrected chi connectivity index (χ2v) is 3.29. The lowest BCUT2D eigenvalue weighted by atomic mass is 10.3. The largest absolute Gasteiger partial charge is 0.469 e. The van der Waals surface area contributed by atoms with Crippen molar-refractivity contribution in [2.24, 2.45) is 0 Å². The molecule has 0 saturated heterocycles. The summed E-state index contributed by atoms with van der Waals surface area (Å²) < 4.78 is 7.31. The molecule has 0 bridgehead atoms. The number of nitrogens with one attached hydrogen (secondary N) is 1. The average molecular weight is 205 g/mol. The molecular weight excluding hydrogens is 190 g/mol. The van der Waals surface area contributed by atoms with Gasteiger partial charge in [0.25, 0.3) is 0 Å². The van der Waals surface area contributed by atoms with Crippen molar-refractivity contribution in [2.45, 2.75) is 19.9 Å². The molecule has 0 spiro atoms. The van der Waals surface area contributed by atoms with Gasteiger partial charge in [-0.2, -0.15) is 0 Å². The molecule has 80 valence electrons. The standard InChI is InChI=1S/C11H15N3O/c1-2-14-8-7-13-11(14)12-6-5-10-4-3-9-15-10/h3-4,7-9H,2,5-6H2,1H3,(H,12,13). The van der Waals surface area contributed by atoms with Gasteiger partial charge in [0.15, 0.2) is 0 Å². The van der Waals surface area contributed by atoms with E-state index in [4.69, 9.17) is 4.42 Å². The van der Waals surface area contributed by atoms with Crippen LogP contribution in [-0.2, 0) is 13.0 Å². The number of nitrogens with zero attached hydrogens (tertiary/aromatic N) is 2. The molecule has 0 unspecified atom stereocenters. The zero-order valence-corrected chi connectivity index (χ0v) is 8.81. The molecule has 2 aromatic rings. The molecule has 4 heteroatoms. The summed E-state index contributed by atoms with van der Waals surface area (Å²) in [4.78, 5) is 4.23. The maximum atomic E-state index is 5.24. The maximum absolute atomic E-state index is 5.24. The lowest BCUT2D eigenvalue weighted by Crippen LogP contribution is -2.09. The molecule has 0 saturated carbocycles. The number of hydrogen-bond acceptors (Lipinski definition) is 3. The van der Waals surface area contributed by atoms with Gasteiger partial charge in [-0.15, -0.1) is 0 Å². The van der Waals surface area contributed by atoms with Crippen molar-refractivity contribution >= 4 is 5.95 Å². The molecule has 15 heavy (non-hydrogen) atoms. The van der Waals surface area contributed by atoms with E-state index in [-0.39, 0.29) is 0 Å². The highest BCUT2D eigenvalue weighted by atomic mass is 16.3. The van der Waals surface area contributed by atoms with E-state index >= 15 is 0 Å². The highest BCUT2D eigenvalue weighted by molar-refractivity contribution is 5.25. The van der Waals surface area contributed by atoms with E-state index in [0.717, 1.165) is 31.2 Å². The Labute approximate surface area is 88.9 Å². The van der Waals surface area contributed by atoms with Crippen LogP contribution in [0.3, 0.4) is 0 Å². The molecule has 0 aliphatic heterocycles. The van der Waals surface area contributed by atoms with Crippen molar-refractivity contribution in [3.63, 3.8) is 0 Å². The van der Waals surface area contributed by atoms with E-state index in [9.17, 15) is 0 Å². The van der Waals surface area contributed by atoms with E-state index in [0.29, 0.717) is 0 Å². The zero-order valence-electron chi connectivity index (χ0n) is 8.81. The highest BCUT2D eigenvalue weighted by Gasteiger charge is 2.00. The SMILES string of the molecule is CCn1ccnc1NCCc1ccco1. The molecule has 0 aromatic carbocycles. The summed E-state index contributed by atoms with van der Waals surface area (Å²) in [5.74, 6) is 1.92. The molecule has 4 nitrogen and oxygen atoms in total. The van der Waals surface area contributed by atoms with Crippen LogP contribution >= 0.6 is 0 Å². The topological polar surface area (TPSA) is 43.0 Å². The number of anilines is 1. The summed E-state index contributed by atoms with van der Waals surface area (Å²) in [5, 5.41) is 3.27. The van der Waals surface area contributed by atoms with Crippen LogP contribution in [0.15, 0.2) is 35.2 Å². The molecule has 2 rings (SSSR count). The smallest absolute Gasteiger partial charge is 0.202 e. The Morgan fingerprint density at radius 2 is 2.47 bits per heavy atom. The van der Waals surface area contributed by atoms with Crippen molar-refractivity contribution in [2.75, 3.05) is 11.9 Å². The summed E-state index contributed by atoms with van der Waals surface area (Å²) in [6.07, 6.45) is 6.35. The number of aromatic nitrogens is 2. The predicted octanol–water partition coefficient (Wildman–Crippen LogP) is 2.15. The van der Waals surface area contributed by atoms with Gasteiger partial charge in [-0.05, 0) is 19.1 Å². The van der Waals surface area contributed by atoms with E-state index in [2.05, 4.69) is 21.8 Å². The fourth-order valence-corrected chi connectivity index (χ4v) is 1.48. The van der Waals surface area contributed by atoms with Gasteiger partial charge < -0.3 is 14.3 Å². The van der Waals surface area contributed by atoms with Crippen LogP contribution in [0.2, 0.25) is 0 Å². The first-order valence-electron chi connectivity index (χ1n) is 5.17. The fourth-order valence-electron chi connectivity index (χ4n) is 1.48. The van der Waals surface area contributed by atoms with Crippen molar-refractivity contribution in [3.05, 3.63) is 36.5 Å². The molecule has 1 N–H and O–H groups in total. The van der Waals surface area contributed by atoms with E-state index in [1.165, 1.54) is 0 Å². The van der Waals surface area contributed by atoms with Crippen molar-refractivity contribution in [1.29, 1.82) is 0 Å². The van der Waals surface area contributed by atoms with Gasteiger partial charge >= 0.3 is 0 Å². The molecule has 2 aromatic heterocycles. The minimum Gasteiger partial charge on any atom is -0.469 e. The number of furan rings is 1. The Bertz CT molecular complexity index is 392. The molecule has 0 fully saturated rings. The first-order chi connectivity index (χ1) is 7.40. The quantitative estimate of drug-likeness (QED) is 0.813. The van der Waals surface area contributed by atoms with Gasteiger partial charge in [-0.3, -0.25) is 0 Å².